The van der Waals surface area contributed by atoms with Gasteiger partial charge < -0.3 is 14.4 Å². The molecule has 25 heavy (non-hydrogen) atoms. The van der Waals surface area contributed by atoms with Crippen molar-refractivity contribution < 1.29 is 22.6 Å². The summed E-state index contributed by atoms with van der Waals surface area (Å²) >= 11 is 0. The van der Waals surface area contributed by atoms with E-state index in [9.17, 15) is 13.2 Å². The topological polar surface area (TPSA) is 24.9 Å². The first kappa shape index (κ1) is 18.5. The molecule has 0 unspecified atom stereocenters. The van der Waals surface area contributed by atoms with Gasteiger partial charge >= 0.3 is 6.36 Å². The Bertz CT molecular complexity index is 542. The molecule has 0 aromatic heterocycles. The van der Waals surface area contributed by atoms with Gasteiger partial charge in [-0.25, -0.2) is 0 Å². The summed E-state index contributed by atoms with van der Waals surface area (Å²) in [5.74, 6) is -0.184. The average molecular weight is 358 g/mol. The maximum Gasteiger partial charge on any atom is 0.573 e. The molecule has 2 atom stereocenters. The van der Waals surface area contributed by atoms with E-state index >= 15 is 0 Å². The molecule has 2 aliphatic rings. The minimum atomic E-state index is -4.65. The molecule has 4 nitrogen and oxygen atoms in total. The van der Waals surface area contributed by atoms with Crippen LogP contribution < -0.4 is 4.74 Å². The highest BCUT2D eigenvalue weighted by molar-refractivity contribution is 5.27. The summed E-state index contributed by atoms with van der Waals surface area (Å²) in [6, 6.07) is 6.08. The first-order chi connectivity index (χ1) is 11.9. The lowest BCUT2D eigenvalue weighted by Gasteiger charge is -2.33. The van der Waals surface area contributed by atoms with Crippen LogP contribution in [0.1, 0.15) is 18.4 Å². The van der Waals surface area contributed by atoms with E-state index in [1.165, 1.54) is 12.1 Å². The first-order valence-electron chi connectivity index (χ1n) is 8.78. The SMILES string of the molecule is CN1CCN(C[C@H]2CC[C@@H](Cc3ccc(OC(F)(F)F)cc3)O2)CC1. The van der Waals surface area contributed by atoms with E-state index in [1.807, 2.05) is 0 Å². The van der Waals surface area contributed by atoms with Crippen LogP contribution in [0.3, 0.4) is 0 Å². The zero-order chi connectivity index (χ0) is 17.9. The molecule has 0 bridgehead atoms. The molecule has 2 aliphatic heterocycles. The van der Waals surface area contributed by atoms with E-state index in [0.29, 0.717) is 0 Å². The van der Waals surface area contributed by atoms with Gasteiger partial charge in [0.15, 0.2) is 0 Å². The number of likely N-dealkylation sites (N-methyl/N-ethyl adjacent to an activating group) is 1. The smallest absolute Gasteiger partial charge is 0.406 e. The molecule has 0 spiro atoms. The van der Waals surface area contributed by atoms with Crippen LogP contribution >= 0.6 is 0 Å². The molecule has 1 aromatic carbocycles. The lowest BCUT2D eigenvalue weighted by molar-refractivity contribution is -0.274. The third kappa shape index (κ3) is 5.87. The minimum Gasteiger partial charge on any atom is -0.406 e. The van der Waals surface area contributed by atoms with Gasteiger partial charge in [-0.3, -0.25) is 4.90 Å². The number of alkyl halides is 3. The zero-order valence-electron chi connectivity index (χ0n) is 14.5. The van der Waals surface area contributed by atoms with Crippen molar-refractivity contribution >= 4 is 0 Å². The van der Waals surface area contributed by atoms with Crippen LogP contribution in [0.5, 0.6) is 5.75 Å². The Hall–Kier alpha value is -1.31. The Labute approximate surface area is 146 Å². The van der Waals surface area contributed by atoms with Crippen LogP contribution in [0.4, 0.5) is 13.2 Å². The van der Waals surface area contributed by atoms with E-state index in [2.05, 4.69) is 21.6 Å². The third-order valence-corrected chi connectivity index (χ3v) is 4.87. The largest absolute Gasteiger partial charge is 0.573 e. The molecular formula is C18H25F3N2O2. The van der Waals surface area contributed by atoms with Crippen LogP contribution in [-0.4, -0.2) is 68.1 Å². The quantitative estimate of drug-likeness (QED) is 0.808. The number of halogens is 3. The summed E-state index contributed by atoms with van der Waals surface area (Å²) in [5, 5.41) is 0. The number of hydrogen-bond acceptors (Lipinski definition) is 4. The number of ether oxygens (including phenoxy) is 2. The molecule has 7 heteroatoms. The Balaban J connectivity index is 1.43. The Morgan fingerprint density at radius 2 is 1.68 bits per heavy atom. The fourth-order valence-corrected chi connectivity index (χ4v) is 3.47. The molecule has 0 saturated carbocycles. The van der Waals surface area contributed by atoms with Gasteiger partial charge in [-0.1, -0.05) is 12.1 Å². The van der Waals surface area contributed by atoms with Gasteiger partial charge in [0, 0.05) is 32.7 Å². The predicted molar refractivity (Wildman–Crippen MR) is 88.7 cm³/mol. The summed E-state index contributed by atoms with van der Waals surface area (Å²) in [6.07, 6.45) is -1.46. The normalized spacial score (nSPS) is 26.1. The third-order valence-electron chi connectivity index (χ3n) is 4.87. The van der Waals surface area contributed by atoms with Crippen molar-refractivity contribution in [1.29, 1.82) is 0 Å². The highest BCUT2D eigenvalue weighted by Gasteiger charge is 2.31. The molecular weight excluding hydrogens is 333 g/mol. The second kappa shape index (κ2) is 7.93. The molecule has 3 rings (SSSR count). The molecule has 1 aromatic rings. The molecule has 0 N–H and O–H groups in total. The van der Waals surface area contributed by atoms with Crippen LogP contribution in [0, 0.1) is 0 Å². The number of piperazine rings is 1. The summed E-state index contributed by atoms with van der Waals surface area (Å²) in [6.45, 7) is 5.34. The van der Waals surface area contributed by atoms with Crippen LogP contribution in [-0.2, 0) is 11.2 Å². The number of hydrogen-bond donors (Lipinski definition) is 0. The van der Waals surface area contributed by atoms with Crippen LogP contribution in [0.2, 0.25) is 0 Å². The zero-order valence-corrected chi connectivity index (χ0v) is 14.5. The van der Waals surface area contributed by atoms with Crippen LogP contribution in [0.25, 0.3) is 0 Å². The molecule has 140 valence electrons. The van der Waals surface area contributed by atoms with E-state index in [-0.39, 0.29) is 18.0 Å². The van der Waals surface area contributed by atoms with Crippen molar-refractivity contribution in [1.82, 2.24) is 9.80 Å². The van der Waals surface area contributed by atoms with Crippen LogP contribution in [0.15, 0.2) is 24.3 Å². The minimum absolute atomic E-state index is 0.145. The van der Waals surface area contributed by atoms with Crippen molar-refractivity contribution in [2.24, 2.45) is 0 Å². The van der Waals surface area contributed by atoms with Gasteiger partial charge in [-0.15, -0.1) is 13.2 Å². The lowest BCUT2D eigenvalue weighted by atomic mass is 10.1. The lowest BCUT2D eigenvalue weighted by Crippen LogP contribution is -2.47. The van der Waals surface area contributed by atoms with Gasteiger partial charge in [-0.2, -0.15) is 0 Å². The summed E-state index contributed by atoms with van der Waals surface area (Å²) in [5.41, 5.74) is 0.972. The summed E-state index contributed by atoms with van der Waals surface area (Å²) in [7, 11) is 2.14. The van der Waals surface area contributed by atoms with Crippen molar-refractivity contribution in [3.05, 3.63) is 29.8 Å². The fourth-order valence-electron chi connectivity index (χ4n) is 3.47. The van der Waals surface area contributed by atoms with Gasteiger partial charge in [0.25, 0.3) is 0 Å². The van der Waals surface area contributed by atoms with Gasteiger partial charge in [0.1, 0.15) is 5.75 Å². The van der Waals surface area contributed by atoms with E-state index < -0.39 is 6.36 Å². The van der Waals surface area contributed by atoms with Gasteiger partial charge in [0.05, 0.1) is 12.2 Å². The number of benzene rings is 1. The first-order valence-corrected chi connectivity index (χ1v) is 8.78. The summed E-state index contributed by atoms with van der Waals surface area (Å²) in [4.78, 5) is 4.79. The van der Waals surface area contributed by atoms with E-state index in [1.54, 1.807) is 12.1 Å². The maximum atomic E-state index is 12.2. The Kier molecular flexibility index (Phi) is 5.86. The highest BCUT2D eigenvalue weighted by Crippen LogP contribution is 2.26. The fraction of sp³-hybridized carbons (Fsp3) is 0.667. The van der Waals surface area contributed by atoms with Gasteiger partial charge in [0.2, 0.25) is 0 Å². The Morgan fingerprint density at radius 3 is 2.32 bits per heavy atom. The summed E-state index contributed by atoms with van der Waals surface area (Å²) < 4.78 is 46.6. The number of nitrogens with zero attached hydrogens (tertiary/aromatic N) is 2. The second-order valence-corrected chi connectivity index (χ2v) is 6.96. The predicted octanol–water partition coefficient (Wildman–Crippen LogP) is 2.92. The Morgan fingerprint density at radius 1 is 1.04 bits per heavy atom. The molecule has 0 amide bonds. The van der Waals surface area contributed by atoms with Crippen molar-refractivity contribution in [2.45, 2.75) is 37.8 Å². The average Bonchev–Trinajstić information content (AvgIpc) is 2.97. The monoisotopic (exact) mass is 358 g/mol. The molecule has 2 saturated heterocycles. The second-order valence-electron chi connectivity index (χ2n) is 6.96. The van der Waals surface area contributed by atoms with E-state index in [4.69, 9.17) is 4.74 Å². The van der Waals surface area contributed by atoms with E-state index in [0.717, 1.165) is 57.5 Å². The molecule has 2 heterocycles. The van der Waals surface area contributed by atoms with Crippen molar-refractivity contribution in [3.8, 4) is 5.75 Å². The van der Waals surface area contributed by atoms with Crippen molar-refractivity contribution in [3.63, 3.8) is 0 Å². The number of rotatable bonds is 5. The van der Waals surface area contributed by atoms with Gasteiger partial charge in [-0.05, 0) is 44.0 Å². The van der Waals surface area contributed by atoms with Crippen molar-refractivity contribution in [2.75, 3.05) is 39.8 Å². The molecule has 0 radical (unpaired) electrons. The highest BCUT2D eigenvalue weighted by atomic mass is 19.4. The molecule has 2 fully saturated rings. The standard InChI is InChI=1S/C18H25F3N2O2/c1-22-8-10-23(11-9-22)13-17-7-6-16(24-17)12-14-2-4-15(5-3-14)25-18(19,20)21/h2-5,16-17H,6-13H2,1H3/t16-,17+/m0/s1. The molecule has 0 aliphatic carbocycles. The maximum absolute atomic E-state index is 12.2.